The Bertz CT molecular complexity index is 376. The van der Waals surface area contributed by atoms with Crippen LogP contribution in [0.2, 0.25) is 0 Å². The minimum absolute atomic E-state index is 0.0174. The summed E-state index contributed by atoms with van der Waals surface area (Å²) in [6.45, 7) is 8.62. The van der Waals surface area contributed by atoms with Gasteiger partial charge in [-0.3, -0.25) is 0 Å². The van der Waals surface area contributed by atoms with E-state index in [0.29, 0.717) is 24.9 Å². The van der Waals surface area contributed by atoms with Gasteiger partial charge in [0.25, 0.3) is 10.2 Å². The average molecular weight is 320 g/mol. The quantitative estimate of drug-likeness (QED) is 0.683. The molecule has 0 radical (unpaired) electrons. The minimum atomic E-state index is -3.31. The van der Waals surface area contributed by atoms with Crippen LogP contribution >= 0.6 is 0 Å². The Labute approximate surface area is 131 Å². The standard InChI is InChI=1S/C15H33N3O2S/c1-13(2)6-5-7-14(3)17-21(19,20)18-10-8-15(9-11-18)12-16-4/h13-17H,5-12H2,1-4H3. The Balaban J connectivity index is 2.36. The Morgan fingerprint density at radius 2 is 1.76 bits per heavy atom. The molecule has 0 saturated carbocycles. The second-order valence-corrected chi connectivity index (χ2v) is 8.45. The molecule has 1 rings (SSSR count). The summed E-state index contributed by atoms with van der Waals surface area (Å²) in [4.78, 5) is 0. The number of hydrogen-bond acceptors (Lipinski definition) is 3. The van der Waals surface area contributed by atoms with Crippen molar-refractivity contribution >= 4 is 10.2 Å². The highest BCUT2D eigenvalue weighted by molar-refractivity contribution is 7.87. The molecule has 0 aromatic carbocycles. The largest absolute Gasteiger partial charge is 0.319 e. The van der Waals surface area contributed by atoms with E-state index >= 15 is 0 Å². The Morgan fingerprint density at radius 3 is 2.29 bits per heavy atom. The van der Waals surface area contributed by atoms with E-state index in [1.807, 2.05) is 14.0 Å². The molecule has 0 amide bonds. The third-order valence-electron chi connectivity index (χ3n) is 4.17. The first-order valence-corrected chi connectivity index (χ1v) is 9.71. The van der Waals surface area contributed by atoms with Crippen molar-refractivity contribution in [1.29, 1.82) is 0 Å². The first-order chi connectivity index (χ1) is 9.85. The molecule has 1 heterocycles. The molecule has 126 valence electrons. The number of nitrogens with one attached hydrogen (secondary N) is 2. The topological polar surface area (TPSA) is 61.4 Å². The summed E-state index contributed by atoms with van der Waals surface area (Å²) in [7, 11) is -1.36. The van der Waals surface area contributed by atoms with E-state index in [4.69, 9.17) is 0 Å². The van der Waals surface area contributed by atoms with Crippen molar-refractivity contribution in [2.75, 3.05) is 26.7 Å². The number of hydrogen-bond donors (Lipinski definition) is 2. The molecule has 5 nitrogen and oxygen atoms in total. The van der Waals surface area contributed by atoms with Crippen molar-refractivity contribution in [1.82, 2.24) is 14.3 Å². The molecular weight excluding hydrogens is 286 g/mol. The van der Waals surface area contributed by atoms with E-state index in [-0.39, 0.29) is 6.04 Å². The smallest absolute Gasteiger partial charge is 0.279 e. The van der Waals surface area contributed by atoms with E-state index in [1.54, 1.807) is 4.31 Å². The first-order valence-electron chi connectivity index (χ1n) is 8.27. The Kier molecular flexibility index (Phi) is 8.16. The van der Waals surface area contributed by atoms with Crippen molar-refractivity contribution in [3.05, 3.63) is 0 Å². The fraction of sp³-hybridized carbons (Fsp3) is 1.00. The van der Waals surface area contributed by atoms with E-state index in [9.17, 15) is 8.42 Å². The molecule has 0 aliphatic carbocycles. The number of piperidine rings is 1. The monoisotopic (exact) mass is 319 g/mol. The van der Waals surface area contributed by atoms with E-state index in [1.165, 1.54) is 0 Å². The van der Waals surface area contributed by atoms with Crippen LogP contribution < -0.4 is 10.0 Å². The van der Waals surface area contributed by atoms with E-state index < -0.39 is 10.2 Å². The normalized spacial score (nSPS) is 20.0. The Hall–Kier alpha value is -0.170. The van der Waals surface area contributed by atoms with E-state index in [2.05, 4.69) is 23.9 Å². The van der Waals surface area contributed by atoms with Crippen LogP contribution in [0.15, 0.2) is 0 Å². The zero-order valence-corrected chi connectivity index (χ0v) is 14.9. The lowest BCUT2D eigenvalue weighted by Crippen LogP contribution is -2.48. The molecule has 21 heavy (non-hydrogen) atoms. The van der Waals surface area contributed by atoms with Gasteiger partial charge in [-0.05, 0) is 51.6 Å². The highest BCUT2D eigenvalue weighted by atomic mass is 32.2. The lowest BCUT2D eigenvalue weighted by atomic mass is 9.98. The van der Waals surface area contributed by atoms with Gasteiger partial charge in [-0.2, -0.15) is 17.4 Å². The van der Waals surface area contributed by atoms with Gasteiger partial charge < -0.3 is 5.32 Å². The van der Waals surface area contributed by atoms with Gasteiger partial charge in [0.15, 0.2) is 0 Å². The van der Waals surface area contributed by atoms with Crippen LogP contribution in [0.5, 0.6) is 0 Å². The maximum absolute atomic E-state index is 12.4. The van der Waals surface area contributed by atoms with Gasteiger partial charge in [-0.1, -0.05) is 26.7 Å². The summed E-state index contributed by atoms with van der Waals surface area (Å²) in [5.74, 6) is 1.28. The van der Waals surface area contributed by atoms with Crippen LogP contribution in [0.4, 0.5) is 0 Å². The van der Waals surface area contributed by atoms with Crippen molar-refractivity contribution in [3.63, 3.8) is 0 Å². The van der Waals surface area contributed by atoms with Crippen LogP contribution in [0, 0.1) is 11.8 Å². The van der Waals surface area contributed by atoms with Crippen molar-refractivity contribution in [2.24, 2.45) is 11.8 Å². The summed E-state index contributed by atoms with van der Waals surface area (Å²) in [6, 6.07) is 0.0174. The fourth-order valence-corrected chi connectivity index (χ4v) is 4.33. The van der Waals surface area contributed by atoms with Crippen LogP contribution in [-0.2, 0) is 10.2 Å². The summed E-state index contributed by atoms with van der Waals surface area (Å²) >= 11 is 0. The molecule has 1 unspecified atom stereocenters. The van der Waals surface area contributed by atoms with Gasteiger partial charge in [0.1, 0.15) is 0 Å². The Morgan fingerprint density at radius 1 is 1.14 bits per heavy atom. The second-order valence-electron chi connectivity index (χ2n) is 6.75. The highest BCUT2D eigenvalue weighted by Crippen LogP contribution is 2.19. The molecule has 0 spiro atoms. The summed E-state index contributed by atoms with van der Waals surface area (Å²) in [5.41, 5.74) is 0. The van der Waals surface area contributed by atoms with Crippen molar-refractivity contribution in [3.8, 4) is 0 Å². The van der Waals surface area contributed by atoms with Crippen molar-refractivity contribution in [2.45, 2.75) is 58.9 Å². The maximum atomic E-state index is 12.4. The van der Waals surface area contributed by atoms with Gasteiger partial charge in [0.2, 0.25) is 0 Å². The fourth-order valence-electron chi connectivity index (χ4n) is 2.86. The van der Waals surface area contributed by atoms with Crippen molar-refractivity contribution < 1.29 is 8.42 Å². The van der Waals surface area contributed by atoms with Crippen LogP contribution in [0.3, 0.4) is 0 Å². The third kappa shape index (κ3) is 7.08. The average Bonchev–Trinajstić information content (AvgIpc) is 2.38. The van der Waals surface area contributed by atoms with E-state index in [0.717, 1.165) is 38.6 Å². The third-order valence-corrected chi connectivity index (χ3v) is 5.92. The maximum Gasteiger partial charge on any atom is 0.279 e. The molecule has 2 N–H and O–H groups in total. The van der Waals surface area contributed by atoms with Crippen LogP contribution in [0.1, 0.15) is 52.9 Å². The molecule has 1 fully saturated rings. The SMILES string of the molecule is CNCC1CCN(S(=O)(=O)NC(C)CCCC(C)C)CC1. The van der Waals surface area contributed by atoms with Gasteiger partial charge in [-0.15, -0.1) is 0 Å². The zero-order valence-electron chi connectivity index (χ0n) is 14.1. The summed E-state index contributed by atoms with van der Waals surface area (Å²) in [6.07, 6.45) is 5.04. The summed E-state index contributed by atoms with van der Waals surface area (Å²) < 4.78 is 29.2. The highest BCUT2D eigenvalue weighted by Gasteiger charge is 2.28. The lowest BCUT2D eigenvalue weighted by Gasteiger charge is -2.32. The molecule has 0 aromatic heterocycles. The first kappa shape index (κ1) is 18.9. The number of rotatable bonds is 9. The van der Waals surface area contributed by atoms with Gasteiger partial charge in [0.05, 0.1) is 0 Å². The lowest BCUT2D eigenvalue weighted by molar-refractivity contribution is 0.267. The zero-order chi connectivity index (χ0) is 15.9. The molecule has 1 atom stereocenters. The van der Waals surface area contributed by atoms with Gasteiger partial charge >= 0.3 is 0 Å². The van der Waals surface area contributed by atoms with Crippen LogP contribution in [0.25, 0.3) is 0 Å². The predicted molar refractivity (Wildman–Crippen MR) is 88.4 cm³/mol. The molecular formula is C15H33N3O2S. The molecule has 6 heteroatoms. The molecule has 1 aliphatic rings. The van der Waals surface area contributed by atoms with Gasteiger partial charge in [-0.25, -0.2) is 0 Å². The van der Waals surface area contributed by atoms with Crippen LogP contribution in [-0.4, -0.2) is 45.4 Å². The molecule has 1 aliphatic heterocycles. The van der Waals surface area contributed by atoms with Gasteiger partial charge in [0, 0.05) is 19.1 Å². The predicted octanol–water partition coefficient (Wildman–Crippen LogP) is 1.97. The molecule has 0 bridgehead atoms. The molecule has 1 saturated heterocycles. The second kappa shape index (κ2) is 9.08. The minimum Gasteiger partial charge on any atom is -0.319 e. The summed E-state index contributed by atoms with van der Waals surface area (Å²) in [5, 5.41) is 3.17. The molecule has 0 aromatic rings. The number of nitrogens with zero attached hydrogens (tertiary/aromatic N) is 1.